The summed E-state index contributed by atoms with van der Waals surface area (Å²) in [5.41, 5.74) is 1.27. The van der Waals surface area contributed by atoms with Crippen LogP contribution in [0.25, 0.3) is 0 Å². The van der Waals surface area contributed by atoms with Crippen LogP contribution < -0.4 is 0 Å². The fourth-order valence-electron chi connectivity index (χ4n) is 3.09. The molecule has 1 nitrogen and oxygen atoms in total. The molecule has 0 radical (unpaired) electrons. The van der Waals surface area contributed by atoms with Crippen LogP contribution in [-0.4, -0.2) is 10.7 Å². The standard InChI is InChI=1S/C14H21NS2/c16-8-7-12-9-17-14(15-12)13(10-3-1-4-10)11-5-2-6-11/h9-11,13,16H,1-8H2. The smallest absolute Gasteiger partial charge is 0.0964 e. The maximum absolute atomic E-state index is 4.88. The van der Waals surface area contributed by atoms with Crippen molar-refractivity contribution in [1.82, 2.24) is 4.98 Å². The van der Waals surface area contributed by atoms with Gasteiger partial charge in [0.15, 0.2) is 0 Å². The number of nitrogens with zero attached hydrogens (tertiary/aromatic N) is 1. The van der Waals surface area contributed by atoms with E-state index in [4.69, 9.17) is 4.98 Å². The molecule has 3 heteroatoms. The van der Waals surface area contributed by atoms with E-state index in [1.807, 2.05) is 11.3 Å². The second-order valence-corrected chi connectivity index (χ2v) is 6.90. The monoisotopic (exact) mass is 267 g/mol. The number of hydrogen-bond donors (Lipinski definition) is 1. The highest BCUT2D eigenvalue weighted by Crippen LogP contribution is 2.50. The topological polar surface area (TPSA) is 12.9 Å². The predicted molar refractivity (Wildman–Crippen MR) is 77.1 cm³/mol. The number of thiazole rings is 1. The van der Waals surface area contributed by atoms with E-state index < -0.39 is 0 Å². The van der Waals surface area contributed by atoms with Crippen molar-refractivity contribution in [2.45, 2.75) is 50.9 Å². The van der Waals surface area contributed by atoms with Crippen LogP contribution in [0.4, 0.5) is 0 Å². The fourth-order valence-corrected chi connectivity index (χ4v) is 4.46. The van der Waals surface area contributed by atoms with Gasteiger partial charge in [0, 0.05) is 11.3 Å². The lowest BCUT2D eigenvalue weighted by Gasteiger charge is -2.41. The summed E-state index contributed by atoms with van der Waals surface area (Å²) < 4.78 is 0. The first kappa shape index (κ1) is 12.0. The van der Waals surface area contributed by atoms with Crippen LogP contribution in [0.15, 0.2) is 5.38 Å². The average molecular weight is 267 g/mol. The lowest BCUT2D eigenvalue weighted by molar-refractivity contribution is 0.149. The molecule has 17 heavy (non-hydrogen) atoms. The Morgan fingerprint density at radius 1 is 1.24 bits per heavy atom. The van der Waals surface area contributed by atoms with Gasteiger partial charge in [0.05, 0.1) is 10.7 Å². The highest BCUT2D eigenvalue weighted by molar-refractivity contribution is 7.80. The minimum atomic E-state index is 0.802. The summed E-state index contributed by atoms with van der Waals surface area (Å²) in [6.45, 7) is 0. The van der Waals surface area contributed by atoms with Crippen LogP contribution >= 0.6 is 24.0 Å². The molecule has 0 atom stereocenters. The van der Waals surface area contributed by atoms with Crippen molar-refractivity contribution < 1.29 is 0 Å². The predicted octanol–water partition coefficient (Wildman–Crippen LogP) is 4.30. The Balaban J connectivity index is 1.75. The van der Waals surface area contributed by atoms with Crippen molar-refractivity contribution in [3.8, 4) is 0 Å². The van der Waals surface area contributed by atoms with E-state index in [1.54, 1.807) is 0 Å². The summed E-state index contributed by atoms with van der Waals surface area (Å²) in [6, 6.07) is 0. The van der Waals surface area contributed by atoms with Gasteiger partial charge >= 0.3 is 0 Å². The fraction of sp³-hybridized carbons (Fsp3) is 0.786. The number of rotatable bonds is 5. The molecular weight excluding hydrogens is 246 g/mol. The van der Waals surface area contributed by atoms with E-state index in [9.17, 15) is 0 Å². The second kappa shape index (κ2) is 5.31. The molecule has 1 aromatic heterocycles. The zero-order valence-corrected chi connectivity index (χ0v) is 12.0. The molecule has 0 bridgehead atoms. The van der Waals surface area contributed by atoms with Crippen LogP contribution in [-0.2, 0) is 6.42 Å². The molecule has 2 aliphatic rings. The number of thiol groups is 1. The first-order valence-electron chi connectivity index (χ1n) is 6.93. The summed E-state index contributed by atoms with van der Waals surface area (Å²) in [6.07, 6.45) is 9.71. The summed E-state index contributed by atoms with van der Waals surface area (Å²) in [4.78, 5) is 4.88. The molecule has 94 valence electrons. The maximum atomic E-state index is 4.88. The maximum Gasteiger partial charge on any atom is 0.0964 e. The largest absolute Gasteiger partial charge is 0.246 e. The number of aromatic nitrogens is 1. The lowest BCUT2D eigenvalue weighted by atomic mass is 9.65. The Hall–Kier alpha value is -0.0200. The third-order valence-corrected chi connectivity index (χ3v) is 5.76. The highest BCUT2D eigenvalue weighted by Gasteiger charge is 2.38. The van der Waals surface area contributed by atoms with E-state index in [0.29, 0.717) is 0 Å². The quantitative estimate of drug-likeness (QED) is 0.785. The summed E-state index contributed by atoms with van der Waals surface area (Å²) in [7, 11) is 0. The van der Waals surface area contributed by atoms with E-state index in [1.165, 1.54) is 49.2 Å². The van der Waals surface area contributed by atoms with Crippen LogP contribution in [0.3, 0.4) is 0 Å². The lowest BCUT2D eigenvalue weighted by Crippen LogP contribution is -2.30. The van der Waals surface area contributed by atoms with Gasteiger partial charge in [-0.1, -0.05) is 12.8 Å². The summed E-state index contributed by atoms with van der Waals surface area (Å²) >= 11 is 6.21. The van der Waals surface area contributed by atoms with Gasteiger partial charge < -0.3 is 0 Å². The molecule has 0 aromatic carbocycles. The Morgan fingerprint density at radius 3 is 2.35 bits per heavy atom. The highest BCUT2D eigenvalue weighted by atomic mass is 32.1. The molecule has 0 unspecified atom stereocenters. The normalized spacial score (nSPS) is 21.5. The molecular formula is C14H21NS2. The SMILES string of the molecule is SCCc1csc(C(C2CCC2)C2CCC2)n1. The van der Waals surface area contributed by atoms with Crippen LogP contribution in [0.2, 0.25) is 0 Å². The molecule has 0 N–H and O–H groups in total. The van der Waals surface area contributed by atoms with Gasteiger partial charge in [-0.15, -0.1) is 11.3 Å². The van der Waals surface area contributed by atoms with Gasteiger partial charge in [0.25, 0.3) is 0 Å². The third kappa shape index (κ3) is 2.41. The third-order valence-electron chi connectivity index (χ3n) is 4.54. The van der Waals surface area contributed by atoms with Gasteiger partial charge in [-0.3, -0.25) is 0 Å². The van der Waals surface area contributed by atoms with E-state index in [0.717, 1.165) is 29.9 Å². The molecule has 0 aliphatic heterocycles. The van der Waals surface area contributed by atoms with Gasteiger partial charge in [-0.25, -0.2) is 4.98 Å². The van der Waals surface area contributed by atoms with Crippen molar-refractivity contribution in [3.05, 3.63) is 16.1 Å². The van der Waals surface area contributed by atoms with Crippen molar-refractivity contribution in [2.24, 2.45) is 11.8 Å². The zero-order valence-electron chi connectivity index (χ0n) is 10.3. The minimum Gasteiger partial charge on any atom is -0.246 e. The van der Waals surface area contributed by atoms with Crippen molar-refractivity contribution >= 4 is 24.0 Å². The van der Waals surface area contributed by atoms with Gasteiger partial charge in [0.1, 0.15) is 0 Å². The Labute approximate surface area is 113 Å². The minimum absolute atomic E-state index is 0.802. The van der Waals surface area contributed by atoms with Crippen LogP contribution in [0.5, 0.6) is 0 Å². The molecule has 1 aromatic rings. The van der Waals surface area contributed by atoms with Gasteiger partial charge in [-0.05, 0) is 49.7 Å². The van der Waals surface area contributed by atoms with Crippen LogP contribution in [0, 0.1) is 11.8 Å². The van der Waals surface area contributed by atoms with Crippen molar-refractivity contribution in [1.29, 1.82) is 0 Å². The summed E-state index contributed by atoms with van der Waals surface area (Å²) in [5.74, 6) is 3.63. The Morgan fingerprint density at radius 2 is 1.88 bits per heavy atom. The van der Waals surface area contributed by atoms with Gasteiger partial charge in [0.2, 0.25) is 0 Å². The van der Waals surface area contributed by atoms with E-state index in [2.05, 4.69) is 18.0 Å². The molecule has 0 saturated heterocycles. The molecule has 2 aliphatic carbocycles. The number of aryl methyl sites for hydroxylation is 1. The molecule has 1 heterocycles. The molecule has 2 saturated carbocycles. The van der Waals surface area contributed by atoms with Crippen LogP contribution in [0.1, 0.15) is 55.1 Å². The van der Waals surface area contributed by atoms with E-state index >= 15 is 0 Å². The van der Waals surface area contributed by atoms with Crippen molar-refractivity contribution in [2.75, 3.05) is 5.75 Å². The first-order valence-corrected chi connectivity index (χ1v) is 8.45. The molecule has 0 spiro atoms. The molecule has 2 fully saturated rings. The van der Waals surface area contributed by atoms with E-state index in [-0.39, 0.29) is 0 Å². The average Bonchev–Trinajstić information content (AvgIpc) is 2.60. The number of hydrogen-bond acceptors (Lipinski definition) is 3. The summed E-state index contributed by atoms with van der Waals surface area (Å²) in [5, 5.41) is 3.70. The first-order chi connectivity index (χ1) is 8.38. The Kier molecular flexibility index (Phi) is 3.76. The zero-order chi connectivity index (χ0) is 11.7. The second-order valence-electron chi connectivity index (χ2n) is 5.56. The molecule has 3 rings (SSSR count). The molecule has 0 amide bonds. The van der Waals surface area contributed by atoms with Crippen molar-refractivity contribution in [3.63, 3.8) is 0 Å². The Bertz CT molecular complexity index is 352. The van der Waals surface area contributed by atoms with Gasteiger partial charge in [-0.2, -0.15) is 12.6 Å².